The van der Waals surface area contributed by atoms with Crippen LogP contribution >= 0.6 is 34.8 Å². The fourth-order valence-electron chi connectivity index (χ4n) is 3.07. The van der Waals surface area contributed by atoms with Gasteiger partial charge in [0.1, 0.15) is 4.49 Å². The van der Waals surface area contributed by atoms with Crippen LogP contribution in [-0.4, -0.2) is 26.5 Å². The maximum atomic E-state index is 12.9. The number of hydrogen-bond donors (Lipinski definition) is 2. The third-order valence-corrected chi connectivity index (χ3v) is 4.55. The molecule has 0 aromatic carbocycles. The largest absolute Gasteiger partial charge is 0.315 e. The van der Waals surface area contributed by atoms with Gasteiger partial charge in [-0.3, -0.25) is 9.89 Å². The van der Waals surface area contributed by atoms with E-state index in [0.717, 1.165) is 16.6 Å². The number of nitrogens with zero attached hydrogens (tertiary/aromatic N) is 2. The van der Waals surface area contributed by atoms with Crippen molar-refractivity contribution in [3.63, 3.8) is 0 Å². The van der Waals surface area contributed by atoms with Gasteiger partial charge in [0.2, 0.25) is 0 Å². The number of alkyl halides is 1. The molecular formula is C15H15Cl3N4O. The van der Waals surface area contributed by atoms with Crippen LogP contribution in [0.4, 0.5) is 0 Å². The zero-order valence-electron chi connectivity index (χ0n) is 12.2. The van der Waals surface area contributed by atoms with Crippen LogP contribution in [0.3, 0.4) is 0 Å². The molecule has 3 N–H and O–H groups in total. The number of Topliss-reactive ketones (excluding diaryl/α,β-unsaturated/α-hetero) is 1. The van der Waals surface area contributed by atoms with Crippen LogP contribution in [0.1, 0.15) is 34.5 Å². The molecular weight excluding hydrogens is 359 g/mol. The number of aromatic amines is 1. The third-order valence-electron chi connectivity index (χ3n) is 4.08. The average molecular weight is 374 g/mol. The highest BCUT2D eigenvalue weighted by Crippen LogP contribution is 2.33. The minimum atomic E-state index is -0.579. The van der Waals surface area contributed by atoms with Crippen LogP contribution in [0.15, 0.2) is 16.8 Å². The summed E-state index contributed by atoms with van der Waals surface area (Å²) in [6, 6.07) is 0. The number of aromatic nitrogens is 3. The Hall–Kier alpha value is -1.14. The second-order valence-electron chi connectivity index (χ2n) is 5.59. The summed E-state index contributed by atoms with van der Waals surface area (Å²) in [4.78, 5) is 17.5. The number of carbonyl (C=O) groups excluding carboxylic acids is 1. The molecule has 2 unspecified atom stereocenters. The van der Waals surface area contributed by atoms with Gasteiger partial charge in [-0.2, -0.15) is 5.10 Å². The molecule has 0 saturated carbocycles. The van der Waals surface area contributed by atoms with Crippen molar-refractivity contribution in [3.05, 3.63) is 33.6 Å². The van der Waals surface area contributed by atoms with Gasteiger partial charge in [-0.25, -0.2) is 4.98 Å². The molecule has 2 aromatic rings. The maximum Gasteiger partial charge on any atom is 0.168 e. The summed E-state index contributed by atoms with van der Waals surface area (Å²) in [7, 11) is 0. The van der Waals surface area contributed by atoms with E-state index in [1.165, 1.54) is 0 Å². The van der Waals surface area contributed by atoms with Gasteiger partial charge in [-0.15, -0.1) is 11.6 Å². The Labute approximate surface area is 148 Å². The lowest BCUT2D eigenvalue weighted by molar-refractivity contribution is 0.0901. The first-order chi connectivity index (χ1) is 11.0. The second kappa shape index (κ2) is 6.77. The summed E-state index contributed by atoms with van der Waals surface area (Å²) >= 11 is 17.3. The molecule has 0 spiro atoms. The van der Waals surface area contributed by atoms with E-state index in [4.69, 9.17) is 40.5 Å². The van der Waals surface area contributed by atoms with Gasteiger partial charge >= 0.3 is 0 Å². The number of fused-ring (bicyclic) bond motifs is 2. The Kier molecular flexibility index (Phi) is 4.92. The van der Waals surface area contributed by atoms with Crippen LogP contribution in [0, 0.1) is 5.92 Å². The third kappa shape index (κ3) is 3.38. The SMILES string of the molecule is NC(Cl)Cc1c2c(nc3[nH]ncc13)CCC(CC=C(Cl)Cl)C2=O. The van der Waals surface area contributed by atoms with Gasteiger partial charge in [0.05, 0.1) is 17.4 Å². The zero-order valence-corrected chi connectivity index (χ0v) is 14.4. The number of aryl methyl sites for hydroxylation is 1. The van der Waals surface area contributed by atoms with Crippen molar-refractivity contribution in [1.29, 1.82) is 0 Å². The first-order valence-electron chi connectivity index (χ1n) is 7.27. The number of H-pyrrole nitrogens is 1. The van der Waals surface area contributed by atoms with Gasteiger partial charge < -0.3 is 5.73 Å². The predicted octanol–water partition coefficient (Wildman–Crippen LogP) is 3.48. The van der Waals surface area contributed by atoms with Gasteiger partial charge in [0, 0.05) is 23.3 Å². The standard InChI is InChI=1S/C15H15Cl3N4O/c16-11(17)4-2-7-1-3-10-13(14(7)23)8(5-12(18)19)9-6-20-22-15(9)21-10/h4,6-7,12H,1-3,5,19H2,(H,20,21,22). The molecule has 0 bridgehead atoms. The molecule has 8 heteroatoms. The van der Waals surface area contributed by atoms with E-state index >= 15 is 0 Å². The Morgan fingerprint density at radius 1 is 1.52 bits per heavy atom. The number of hydrogen-bond acceptors (Lipinski definition) is 4. The molecule has 2 aromatic heterocycles. The van der Waals surface area contributed by atoms with Crippen molar-refractivity contribution in [2.45, 2.75) is 31.2 Å². The number of allylic oxidation sites excluding steroid dienone is 1. The lowest BCUT2D eigenvalue weighted by atomic mass is 9.80. The van der Waals surface area contributed by atoms with E-state index in [9.17, 15) is 4.79 Å². The Balaban J connectivity index is 2.08. The fourth-order valence-corrected chi connectivity index (χ4v) is 3.40. The van der Waals surface area contributed by atoms with Crippen molar-refractivity contribution in [2.24, 2.45) is 11.7 Å². The Morgan fingerprint density at radius 2 is 2.30 bits per heavy atom. The summed E-state index contributed by atoms with van der Waals surface area (Å²) < 4.78 is 0.176. The van der Waals surface area contributed by atoms with E-state index in [1.54, 1.807) is 12.3 Å². The van der Waals surface area contributed by atoms with Crippen LogP contribution in [-0.2, 0) is 12.8 Å². The van der Waals surface area contributed by atoms with Crippen LogP contribution in [0.2, 0.25) is 0 Å². The fraction of sp³-hybridized carbons (Fsp3) is 0.400. The van der Waals surface area contributed by atoms with Crippen molar-refractivity contribution >= 4 is 51.6 Å². The smallest absolute Gasteiger partial charge is 0.168 e. The quantitative estimate of drug-likeness (QED) is 0.635. The minimum absolute atomic E-state index is 0.0417. The van der Waals surface area contributed by atoms with Crippen LogP contribution in [0.5, 0.6) is 0 Å². The summed E-state index contributed by atoms with van der Waals surface area (Å²) in [5.74, 6) is -0.119. The van der Waals surface area contributed by atoms with Crippen LogP contribution < -0.4 is 5.73 Å². The van der Waals surface area contributed by atoms with Gasteiger partial charge in [-0.05, 0) is 24.8 Å². The highest BCUT2D eigenvalue weighted by molar-refractivity contribution is 6.55. The molecule has 2 heterocycles. The van der Waals surface area contributed by atoms with Gasteiger partial charge in [0.15, 0.2) is 11.4 Å². The molecule has 23 heavy (non-hydrogen) atoms. The molecule has 5 nitrogen and oxygen atoms in total. The van der Waals surface area contributed by atoms with E-state index in [2.05, 4.69) is 15.2 Å². The Morgan fingerprint density at radius 3 is 3.00 bits per heavy atom. The molecule has 3 rings (SSSR count). The number of rotatable bonds is 4. The van der Waals surface area contributed by atoms with Crippen molar-refractivity contribution < 1.29 is 4.79 Å². The van der Waals surface area contributed by atoms with Gasteiger partial charge in [-0.1, -0.05) is 29.3 Å². The monoisotopic (exact) mass is 372 g/mol. The lowest BCUT2D eigenvalue weighted by Crippen LogP contribution is -2.27. The molecule has 0 saturated heterocycles. The number of nitrogens with one attached hydrogen (secondary N) is 1. The normalized spacial score (nSPS) is 18.8. The second-order valence-corrected chi connectivity index (χ2v) is 7.16. The first-order valence-corrected chi connectivity index (χ1v) is 8.46. The predicted molar refractivity (Wildman–Crippen MR) is 92.0 cm³/mol. The lowest BCUT2D eigenvalue weighted by Gasteiger charge is -2.24. The highest BCUT2D eigenvalue weighted by Gasteiger charge is 2.31. The average Bonchev–Trinajstić information content (AvgIpc) is 2.94. The number of nitrogens with two attached hydrogens (primary N) is 1. The maximum absolute atomic E-state index is 12.9. The molecule has 0 aliphatic heterocycles. The van der Waals surface area contributed by atoms with Crippen molar-refractivity contribution in [1.82, 2.24) is 15.2 Å². The number of ketones is 1. The summed E-state index contributed by atoms with van der Waals surface area (Å²) in [5.41, 5.74) is 8.06. The molecule has 122 valence electrons. The van der Waals surface area contributed by atoms with E-state index in [0.29, 0.717) is 36.9 Å². The Bertz CT molecular complexity index is 780. The van der Waals surface area contributed by atoms with E-state index in [-0.39, 0.29) is 16.2 Å². The zero-order chi connectivity index (χ0) is 16.6. The molecule has 0 radical (unpaired) electrons. The van der Waals surface area contributed by atoms with Gasteiger partial charge in [0.25, 0.3) is 0 Å². The number of carbonyl (C=O) groups is 1. The highest BCUT2D eigenvalue weighted by atomic mass is 35.5. The van der Waals surface area contributed by atoms with E-state index < -0.39 is 5.50 Å². The van der Waals surface area contributed by atoms with E-state index in [1.807, 2.05) is 0 Å². The van der Waals surface area contributed by atoms with Crippen LogP contribution in [0.25, 0.3) is 11.0 Å². The summed E-state index contributed by atoms with van der Waals surface area (Å²) in [5, 5.41) is 7.66. The molecule has 0 amide bonds. The first kappa shape index (κ1) is 16.7. The molecule has 2 atom stereocenters. The molecule has 1 aliphatic carbocycles. The molecule has 0 fully saturated rings. The molecule has 1 aliphatic rings. The number of pyridine rings is 1. The summed E-state index contributed by atoms with van der Waals surface area (Å²) in [6.07, 6.45) is 5.63. The van der Waals surface area contributed by atoms with Crippen molar-refractivity contribution in [3.8, 4) is 0 Å². The minimum Gasteiger partial charge on any atom is -0.315 e. The van der Waals surface area contributed by atoms with Crippen molar-refractivity contribution in [2.75, 3.05) is 0 Å². The summed E-state index contributed by atoms with van der Waals surface area (Å²) in [6.45, 7) is 0. The topological polar surface area (TPSA) is 84.7 Å². The number of halogens is 3.